The molecular weight excluding hydrogens is 192 g/mol. The molecule has 0 bridgehead atoms. The molecule has 0 radical (unpaired) electrons. The molecule has 0 aliphatic carbocycles. The zero-order chi connectivity index (χ0) is 9.28. The van der Waals surface area contributed by atoms with Gasteiger partial charge in [-0.05, 0) is 0 Å². The van der Waals surface area contributed by atoms with Crippen molar-refractivity contribution in [2.45, 2.75) is 11.4 Å². The van der Waals surface area contributed by atoms with Crippen LogP contribution in [0.25, 0.3) is 0 Å². The molecular formula is C3H4F4O3S. The maximum atomic E-state index is 11.4. The highest BCUT2D eigenvalue weighted by Crippen LogP contribution is 2.25. The SMILES string of the molecule is O=S(=O)(O)C(CF)C(F)(F)F. The van der Waals surface area contributed by atoms with Crippen molar-refractivity contribution in [3.8, 4) is 0 Å². The predicted octanol–water partition coefficient (Wildman–Crippen LogP) is 0.775. The second-order valence-corrected chi connectivity index (χ2v) is 3.30. The largest absolute Gasteiger partial charge is 0.410 e. The third-order valence-electron chi connectivity index (χ3n) is 0.865. The van der Waals surface area contributed by atoms with Crippen LogP contribution >= 0.6 is 0 Å². The molecule has 0 aliphatic heterocycles. The van der Waals surface area contributed by atoms with Crippen LogP contribution in [0.4, 0.5) is 17.6 Å². The lowest BCUT2D eigenvalue weighted by Gasteiger charge is -2.12. The Bertz CT molecular complexity index is 217. The van der Waals surface area contributed by atoms with Gasteiger partial charge in [0, 0.05) is 0 Å². The standard InChI is InChI=1S/C3H4F4O3S/c4-1-2(3(5,6)7)11(8,9)10/h2H,1H2,(H,8,9,10). The molecule has 1 N–H and O–H groups in total. The highest BCUT2D eigenvalue weighted by atomic mass is 32.2. The van der Waals surface area contributed by atoms with Crippen molar-refractivity contribution in [2.75, 3.05) is 6.67 Å². The average Bonchev–Trinajstić information content (AvgIpc) is 1.56. The quantitative estimate of drug-likeness (QED) is 0.524. The van der Waals surface area contributed by atoms with Crippen molar-refractivity contribution in [2.24, 2.45) is 0 Å². The number of halogens is 4. The van der Waals surface area contributed by atoms with Crippen LogP contribution in [-0.4, -0.2) is 31.1 Å². The van der Waals surface area contributed by atoms with Crippen LogP contribution in [0.5, 0.6) is 0 Å². The summed E-state index contributed by atoms with van der Waals surface area (Å²) in [6.45, 7) is -2.18. The van der Waals surface area contributed by atoms with Gasteiger partial charge in [0.2, 0.25) is 5.25 Å². The van der Waals surface area contributed by atoms with Crippen LogP contribution in [0.15, 0.2) is 0 Å². The van der Waals surface area contributed by atoms with Crippen molar-refractivity contribution in [1.29, 1.82) is 0 Å². The van der Waals surface area contributed by atoms with Crippen LogP contribution in [0, 0.1) is 0 Å². The van der Waals surface area contributed by atoms with Crippen LogP contribution in [0.2, 0.25) is 0 Å². The van der Waals surface area contributed by atoms with E-state index in [2.05, 4.69) is 0 Å². The van der Waals surface area contributed by atoms with E-state index >= 15 is 0 Å². The van der Waals surface area contributed by atoms with E-state index < -0.39 is 28.2 Å². The van der Waals surface area contributed by atoms with E-state index in [-0.39, 0.29) is 0 Å². The molecule has 3 nitrogen and oxygen atoms in total. The van der Waals surface area contributed by atoms with Gasteiger partial charge in [-0.15, -0.1) is 0 Å². The second kappa shape index (κ2) is 2.94. The van der Waals surface area contributed by atoms with Crippen molar-refractivity contribution < 1.29 is 30.5 Å². The fourth-order valence-electron chi connectivity index (χ4n) is 0.336. The maximum absolute atomic E-state index is 11.4. The Hall–Kier alpha value is -0.370. The smallest absolute Gasteiger partial charge is 0.285 e. The summed E-state index contributed by atoms with van der Waals surface area (Å²) < 4.78 is 73.1. The molecule has 0 rings (SSSR count). The molecule has 1 unspecified atom stereocenters. The molecule has 0 saturated carbocycles. The summed E-state index contributed by atoms with van der Waals surface area (Å²) in [6.07, 6.45) is -5.26. The Morgan fingerprint density at radius 1 is 1.36 bits per heavy atom. The van der Waals surface area contributed by atoms with Gasteiger partial charge in [0.25, 0.3) is 10.1 Å². The van der Waals surface area contributed by atoms with Gasteiger partial charge in [-0.3, -0.25) is 4.55 Å². The number of rotatable bonds is 2. The van der Waals surface area contributed by atoms with Crippen molar-refractivity contribution >= 4 is 10.1 Å². The van der Waals surface area contributed by atoms with Gasteiger partial charge in [0.05, 0.1) is 0 Å². The van der Waals surface area contributed by atoms with Gasteiger partial charge in [0.1, 0.15) is 6.67 Å². The van der Waals surface area contributed by atoms with Gasteiger partial charge >= 0.3 is 6.18 Å². The molecule has 0 saturated heterocycles. The van der Waals surface area contributed by atoms with E-state index in [1.165, 1.54) is 0 Å². The summed E-state index contributed by atoms with van der Waals surface area (Å²) in [4.78, 5) is 0. The van der Waals surface area contributed by atoms with Gasteiger partial charge in [-0.1, -0.05) is 0 Å². The molecule has 0 aromatic carbocycles. The molecule has 0 amide bonds. The van der Waals surface area contributed by atoms with Crippen LogP contribution in [-0.2, 0) is 10.1 Å². The first-order valence-electron chi connectivity index (χ1n) is 2.28. The monoisotopic (exact) mass is 196 g/mol. The second-order valence-electron chi connectivity index (χ2n) is 1.70. The summed E-state index contributed by atoms with van der Waals surface area (Å²) in [7, 11) is -5.37. The Kier molecular flexibility index (Phi) is 2.84. The van der Waals surface area contributed by atoms with E-state index in [4.69, 9.17) is 4.55 Å². The number of alkyl halides is 4. The summed E-state index contributed by atoms with van der Waals surface area (Å²) in [5.41, 5.74) is 0. The van der Waals surface area contributed by atoms with E-state index in [0.717, 1.165) is 0 Å². The lowest BCUT2D eigenvalue weighted by Crippen LogP contribution is -2.38. The minimum atomic E-state index is -5.37. The van der Waals surface area contributed by atoms with Crippen LogP contribution in [0.1, 0.15) is 0 Å². The van der Waals surface area contributed by atoms with E-state index in [0.29, 0.717) is 0 Å². The molecule has 11 heavy (non-hydrogen) atoms. The Labute approximate surface area is 59.8 Å². The highest BCUT2D eigenvalue weighted by molar-refractivity contribution is 7.86. The first-order chi connectivity index (χ1) is 4.69. The molecule has 0 heterocycles. The molecule has 0 aromatic heterocycles. The Balaban J connectivity index is 4.72. The average molecular weight is 196 g/mol. The van der Waals surface area contributed by atoms with Gasteiger partial charge < -0.3 is 0 Å². The summed E-state index contributed by atoms with van der Waals surface area (Å²) in [5, 5.41) is -3.32. The van der Waals surface area contributed by atoms with Gasteiger partial charge in [-0.25, -0.2) is 4.39 Å². The van der Waals surface area contributed by atoms with Crippen molar-refractivity contribution in [3.63, 3.8) is 0 Å². The summed E-state index contributed by atoms with van der Waals surface area (Å²) in [5.74, 6) is 0. The van der Waals surface area contributed by atoms with Crippen molar-refractivity contribution in [3.05, 3.63) is 0 Å². The number of hydrogen-bond acceptors (Lipinski definition) is 2. The van der Waals surface area contributed by atoms with Crippen LogP contribution in [0.3, 0.4) is 0 Å². The fraction of sp³-hybridized carbons (Fsp3) is 1.00. The predicted molar refractivity (Wildman–Crippen MR) is 27.4 cm³/mol. The molecule has 8 heteroatoms. The van der Waals surface area contributed by atoms with E-state index in [9.17, 15) is 26.0 Å². The summed E-state index contributed by atoms with van der Waals surface area (Å²) >= 11 is 0. The number of hydrogen-bond donors (Lipinski definition) is 1. The van der Waals surface area contributed by atoms with Crippen molar-refractivity contribution in [1.82, 2.24) is 0 Å². The summed E-state index contributed by atoms with van der Waals surface area (Å²) in [6, 6.07) is 0. The minimum Gasteiger partial charge on any atom is -0.285 e. The fourth-order valence-corrected chi connectivity index (χ4v) is 0.833. The molecule has 0 aliphatic rings. The van der Waals surface area contributed by atoms with E-state index in [1.54, 1.807) is 0 Å². The topological polar surface area (TPSA) is 54.4 Å². The van der Waals surface area contributed by atoms with E-state index in [1.807, 2.05) is 0 Å². The molecule has 0 aromatic rings. The van der Waals surface area contributed by atoms with Gasteiger partial charge in [0.15, 0.2) is 0 Å². The first kappa shape index (κ1) is 10.6. The molecule has 0 spiro atoms. The Morgan fingerprint density at radius 3 is 1.73 bits per heavy atom. The van der Waals surface area contributed by atoms with Gasteiger partial charge in [-0.2, -0.15) is 21.6 Å². The Morgan fingerprint density at radius 2 is 1.73 bits per heavy atom. The first-order valence-corrected chi connectivity index (χ1v) is 3.79. The minimum absolute atomic E-state index is 2.18. The maximum Gasteiger partial charge on any atom is 0.410 e. The molecule has 1 atom stereocenters. The normalized spacial score (nSPS) is 16.5. The third-order valence-corrected chi connectivity index (χ3v) is 1.98. The zero-order valence-electron chi connectivity index (χ0n) is 4.97. The molecule has 0 fully saturated rings. The third kappa shape index (κ3) is 3.02. The highest BCUT2D eigenvalue weighted by Gasteiger charge is 2.48. The zero-order valence-corrected chi connectivity index (χ0v) is 5.78. The van der Waals surface area contributed by atoms with Crippen LogP contribution < -0.4 is 0 Å². The lowest BCUT2D eigenvalue weighted by molar-refractivity contribution is -0.134. The lowest BCUT2D eigenvalue weighted by atomic mass is 10.4. The molecule has 68 valence electrons.